The molecule has 1 N–H and O–H groups in total. The molecule has 126 valence electrons. The molecule has 0 bridgehead atoms. The van der Waals surface area contributed by atoms with Crippen LogP contribution >= 0.6 is 0 Å². The number of nitro benzene ring substituents is 1. The minimum atomic E-state index is -0.940. The Morgan fingerprint density at radius 2 is 2.12 bits per heavy atom. The van der Waals surface area contributed by atoms with Crippen LogP contribution in [0.5, 0.6) is 5.75 Å². The van der Waals surface area contributed by atoms with E-state index in [0.29, 0.717) is 23.4 Å². The second-order valence-corrected chi connectivity index (χ2v) is 6.00. The summed E-state index contributed by atoms with van der Waals surface area (Å²) >= 11 is 0. The highest BCUT2D eigenvalue weighted by atomic mass is 16.6. The third-order valence-electron chi connectivity index (χ3n) is 4.34. The van der Waals surface area contributed by atoms with Crippen LogP contribution in [-0.4, -0.2) is 27.7 Å². The van der Waals surface area contributed by atoms with Gasteiger partial charge in [-0.2, -0.15) is 0 Å². The monoisotopic (exact) mass is 330 g/mol. The van der Waals surface area contributed by atoms with Gasteiger partial charge in [-0.3, -0.25) is 10.1 Å². The first-order valence-corrected chi connectivity index (χ1v) is 7.67. The predicted molar refractivity (Wildman–Crippen MR) is 86.9 cm³/mol. The molecule has 0 unspecified atom stereocenters. The Morgan fingerprint density at radius 3 is 2.67 bits per heavy atom. The van der Waals surface area contributed by atoms with Gasteiger partial charge in [-0.25, -0.2) is 4.79 Å². The van der Waals surface area contributed by atoms with Gasteiger partial charge in [-0.05, 0) is 31.9 Å². The second-order valence-electron chi connectivity index (χ2n) is 6.00. The Balaban J connectivity index is 2.07. The van der Waals surface area contributed by atoms with Crippen LogP contribution in [0.2, 0.25) is 0 Å². The number of nitro groups is 1. The summed E-state index contributed by atoms with van der Waals surface area (Å²) in [4.78, 5) is 22.1. The van der Waals surface area contributed by atoms with Crippen LogP contribution in [0.15, 0.2) is 24.3 Å². The van der Waals surface area contributed by atoms with Crippen LogP contribution < -0.4 is 4.74 Å². The largest absolute Gasteiger partial charge is 0.496 e. The number of hydrogen-bond acceptors (Lipinski definition) is 4. The van der Waals surface area contributed by atoms with E-state index in [1.165, 1.54) is 19.2 Å². The van der Waals surface area contributed by atoms with E-state index in [0.717, 1.165) is 24.2 Å². The molecule has 1 aromatic carbocycles. The number of aryl methyl sites for hydroxylation is 1. The molecule has 0 radical (unpaired) electrons. The van der Waals surface area contributed by atoms with Crippen molar-refractivity contribution in [2.24, 2.45) is 0 Å². The molecular weight excluding hydrogens is 312 g/mol. The Labute approximate surface area is 138 Å². The van der Waals surface area contributed by atoms with Gasteiger partial charge in [0.2, 0.25) is 0 Å². The number of aromatic nitrogens is 1. The summed E-state index contributed by atoms with van der Waals surface area (Å²) in [6, 6.07) is 6.12. The molecular formula is C17H18N2O5. The van der Waals surface area contributed by atoms with Crippen LogP contribution in [-0.2, 0) is 6.54 Å². The number of rotatable bonds is 6. The normalized spacial score (nSPS) is 13.8. The first kappa shape index (κ1) is 16.0. The number of aromatic carboxylic acids is 1. The van der Waals surface area contributed by atoms with E-state index < -0.39 is 10.9 Å². The topological polar surface area (TPSA) is 94.6 Å². The summed E-state index contributed by atoms with van der Waals surface area (Å²) in [6.45, 7) is 2.19. The molecule has 0 amide bonds. The zero-order chi connectivity index (χ0) is 17.4. The molecule has 0 aliphatic heterocycles. The highest BCUT2D eigenvalue weighted by molar-refractivity contribution is 5.90. The molecule has 24 heavy (non-hydrogen) atoms. The van der Waals surface area contributed by atoms with Gasteiger partial charge < -0.3 is 14.4 Å². The smallest absolute Gasteiger partial charge is 0.337 e. The first-order chi connectivity index (χ1) is 11.4. The van der Waals surface area contributed by atoms with Crippen molar-refractivity contribution in [2.45, 2.75) is 32.2 Å². The van der Waals surface area contributed by atoms with Gasteiger partial charge in [0.15, 0.2) is 0 Å². The highest BCUT2D eigenvalue weighted by Crippen LogP contribution is 2.43. The molecule has 0 saturated heterocycles. The van der Waals surface area contributed by atoms with Gasteiger partial charge in [0, 0.05) is 35.0 Å². The molecule has 1 saturated carbocycles. The number of ether oxygens (including phenoxy) is 1. The van der Waals surface area contributed by atoms with Gasteiger partial charge in [-0.1, -0.05) is 0 Å². The lowest BCUT2D eigenvalue weighted by atomic mass is 10.1. The van der Waals surface area contributed by atoms with Crippen LogP contribution in [0.3, 0.4) is 0 Å². The van der Waals surface area contributed by atoms with E-state index >= 15 is 0 Å². The Morgan fingerprint density at radius 1 is 1.42 bits per heavy atom. The first-order valence-electron chi connectivity index (χ1n) is 7.67. The van der Waals surface area contributed by atoms with Crippen molar-refractivity contribution in [1.82, 2.24) is 4.57 Å². The third kappa shape index (κ3) is 2.84. The van der Waals surface area contributed by atoms with E-state index in [1.807, 2.05) is 11.5 Å². The van der Waals surface area contributed by atoms with Crippen LogP contribution in [0.1, 0.15) is 46.1 Å². The molecule has 1 heterocycles. The summed E-state index contributed by atoms with van der Waals surface area (Å²) < 4.78 is 7.24. The lowest BCUT2D eigenvalue weighted by Gasteiger charge is -2.14. The summed E-state index contributed by atoms with van der Waals surface area (Å²) in [5.74, 6) is -0.147. The number of carboxylic acids is 1. The molecule has 7 nitrogen and oxygen atoms in total. The van der Waals surface area contributed by atoms with E-state index in [2.05, 4.69) is 0 Å². The number of carboxylic acid groups (broad SMARTS) is 1. The molecule has 1 aliphatic rings. The fourth-order valence-corrected chi connectivity index (χ4v) is 3.05. The van der Waals surface area contributed by atoms with Crippen molar-refractivity contribution in [3.8, 4) is 5.75 Å². The van der Waals surface area contributed by atoms with Gasteiger partial charge in [-0.15, -0.1) is 0 Å². The summed E-state index contributed by atoms with van der Waals surface area (Å²) in [6.07, 6.45) is 1.94. The lowest BCUT2D eigenvalue weighted by molar-refractivity contribution is -0.384. The maximum absolute atomic E-state index is 11.5. The van der Waals surface area contributed by atoms with Crippen molar-refractivity contribution >= 4 is 11.7 Å². The maximum Gasteiger partial charge on any atom is 0.337 e. The molecule has 1 aromatic heterocycles. The molecule has 0 spiro atoms. The number of methoxy groups -OCH3 is 1. The van der Waals surface area contributed by atoms with Gasteiger partial charge in [0.25, 0.3) is 5.69 Å². The fourth-order valence-electron chi connectivity index (χ4n) is 3.05. The van der Waals surface area contributed by atoms with E-state index in [-0.39, 0.29) is 11.6 Å². The third-order valence-corrected chi connectivity index (χ3v) is 4.34. The highest BCUT2D eigenvalue weighted by Gasteiger charge is 2.32. The number of benzene rings is 1. The van der Waals surface area contributed by atoms with Crippen molar-refractivity contribution in [1.29, 1.82) is 0 Å². The fraction of sp³-hybridized carbons (Fsp3) is 0.353. The van der Waals surface area contributed by atoms with Gasteiger partial charge in [0.05, 0.1) is 24.1 Å². The lowest BCUT2D eigenvalue weighted by Crippen LogP contribution is -2.09. The van der Waals surface area contributed by atoms with Crippen molar-refractivity contribution in [3.05, 3.63) is 56.9 Å². The summed E-state index contributed by atoms with van der Waals surface area (Å²) in [5, 5.41) is 20.5. The van der Waals surface area contributed by atoms with E-state index in [4.69, 9.17) is 4.74 Å². The zero-order valence-electron chi connectivity index (χ0n) is 13.5. The Bertz CT molecular complexity index is 821. The van der Waals surface area contributed by atoms with E-state index in [9.17, 15) is 20.0 Å². The molecule has 2 aromatic rings. The molecule has 1 aliphatic carbocycles. The number of non-ortho nitro benzene ring substituents is 1. The molecule has 7 heteroatoms. The van der Waals surface area contributed by atoms with Crippen molar-refractivity contribution in [3.63, 3.8) is 0 Å². The minimum Gasteiger partial charge on any atom is -0.496 e. The number of carbonyl (C=O) groups is 1. The average molecular weight is 330 g/mol. The average Bonchev–Trinajstić information content (AvgIpc) is 3.32. The van der Waals surface area contributed by atoms with E-state index in [1.54, 1.807) is 12.1 Å². The van der Waals surface area contributed by atoms with Crippen molar-refractivity contribution < 1.29 is 19.6 Å². The quantitative estimate of drug-likeness (QED) is 0.647. The number of hydrogen-bond donors (Lipinski definition) is 1. The number of nitrogens with zero attached hydrogens (tertiary/aromatic N) is 2. The maximum atomic E-state index is 11.5. The molecule has 1 fully saturated rings. The minimum absolute atomic E-state index is 0.0120. The van der Waals surface area contributed by atoms with Crippen LogP contribution in [0.4, 0.5) is 5.69 Å². The van der Waals surface area contributed by atoms with Crippen LogP contribution in [0, 0.1) is 17.0 Å². The van der Waals surface area contributed by atoms with Crippen LogP contribution in [0.25, 0.3) is 0 Å². The SMILES string of the molecule is COc1ccc([N+](=O)[O-])cc1Cn1c(C)cc(C(=O)O)c1C1CC1. The second kappa shape index (κ2) is 5.99. The summed E-state index contributed by atoms with van der Waals surface area (Å²) in [5.41, 5.74) is 2.59. The van der Waals surface area contributed by atoms with Gasteiger partial charge in [0.1, 0.15) is 5.75 Å². The summed E-state index contributed by atoms with van der Waals surface area (Å²) in [7, 11) is 1.51. The Hall–Kier alpha value is -2.83. The molecule has 3 rings (SSSR count). The standard InChI is InChI=1S/C17H18N2O5/c1-10-7-14(17(20)21)16(11-3-4-11)18(10)9-12-8-13(19(22)23)5-6-15(12)24-2/h5-8,11H,3-4,9H2,1-2H3,(H,20,21). The Kier molecular flexibility index (Phi) is 4.01. The molecule has 0 atom stereocenters. The zero-order valence-corrected chi connectivity index (χ0v) is 13.5. The predicted octanol–water partition coefficient (Wildman–Crippen LogP) is 3.34. The van der Waals surface area contributed by atoms with Crippen molar-refractivity contribution in [2.75, 3.05) is 7.11 Å². The van der Waals surface area contributed by atoms with Gasteiger partial charge >= 0.3 is 5.97 Å².